The second-order valence-electron chi connectivity index (χ2n) is 7.72. The van der Waals surface area contributed by atoms with Crippen molar-refractivity contribution in [2.45, 2.75) is 44.4 Å². The van der Waals surface area contributed by atoms with Crippen LogP contribution in [0.5, 0.6) is 0 Å². The first-order valence-electron chi connectivity index (χ1n) is 9.00. The van der Waals surface area contributed by atoms with Gasteiger partial charge in [0.15, 0.2) is 0 Å². The van der Waals surface area contributed by atoms with E-state index in [1.165, 1.54) is 10.4 Å². The van der Waals surface area contributed by atoms with Crippen LogP contribution in [-0.4, -0.2) is 27.1 Å². The molecule has 0 aliphatic carbocycles. The van der Waals surface area contributed by atoms with E-state index in [2.05, 4.69) is 88.0 Å². The highest BCUT2D eigenvalue weighted by Crippen LogP contribution is 2.39. The van der Waals surface area contributed by atoms with Crippen molar-refractivity contribution in [1.29, 1.82) is 0 Å². The van der Waals surface area contributed by atoms with Gasteiger partial charge in [0.2, 0.25) is 0 Å². The summed E-state index contributed by atoms with van der Waals surface area (Å²) in [6.45, 7) is 11.6. The van der Waals surface area contributed by atoms with Gasteiger partial charge in [-0.3, -0.25) is 0 Å². The van der Waals surface area contributed by atoms with E-state index in [1.807, 2.05) is 6.08 Å². The van der Waals surface area contributed by atoms with Gasteiger partial charge >= 0.3 is 0 Å². The molecular weight excluding hydrogens is 324 g/mol. The minimum Gasteiger partial charge on any atom is -0.401 e. The molecule has 1 fully saturated rings. The third-order valence-corrected chi connectivity index (χ3v) is 9.98. The molecule has 2 aromatic rings. The van der Waals surface area contributed by atoms with Crippen molar-refractivity contribution in [2.75, 3.05) is 6.61 Å². The monoisotopic (exact) mass is 352 g/mol. The second-order valence-corrected chi connectivity index (χ2v) is 12.0. The Morgan fingerprint density at radius 1 is 1.08 bits per heavy atom. The Labute approximate surface area is 152 Å². The Morgan fingerprint density at radius 3 is 1.92 bits per heavy atom. The minimum absolute atomic E-state index is 0.00990. The average Bonchev–Trinajstić information content (AvgIpc) is 3.44. The third-order valence-electron chi connectivity index (χ3n) is 4.92. The topological polar surface area (TPSA) is 21.8 Å². The lowest BCUT2D eigenvalue weighted by molar-refractivity contribution is 0.150. The first-order chi connectivity index (χ1) is 12.0. The first-order valence-corrected chi connectivity index (χ1v) is 10.9. The molecule has 0 amide bonds. The number of ether oxygens (including phenoxy) is 1. The lowest BCUT2D eigenvalue weighted by atomic mass is 10.2. The number of rotatable bonds is 7. The summed E-state index contributed by atoms with van der Waals surface area (Å²) in [7, 11) is -2.50. The molecule has 0 aromatic heterocycles. The highest BCUT2D eigenvalue weighted by atomic mass is 28.4. The van der Waals surface area contributed by atoms with Crippen LogP contribution in [0.3, 0.4) is 0 Å². The van der Waals surface area contributed by atoms with E-state index >= 15 is 0 Å². The molecule has 3 rings (SSSR count). The molecule has 0 bridgehead atoms. The van der Waals surface area contributed by atoms with Gasteiger partial charge in [-0.1, -0.05) is 87.5 Å². The number of hydrogen-bond acceptors (Lipinski definition) is 2. The van der Waals surface area contributed by atoms with Crippen molar-refractivity contribution < 1.29 is 9.16 Å². The zero-order chi connectivity index (χ0) is 17.9. The zero-order valence-corrected chi connectivity index (χ0v) is 16.4. The summed E-state index contributed by atoms with van der Waals surface area (Å²) in [5, 5.41) is 2.61. The normalized spacial score (nSPS) is 18.6. The van der Waals surface area contributed by atoms with E-state index in [-0.39, 0.29) is 17.2 Å². The molecule has 2 nitrogen and oxygen atoms in total. The van der Waals surface area contributed by atoms with Crippen molar-refractivity contribution in [2.24, 2.45) is 0 Å². The predicted molar refractivity (Wildman–Crippen MR) is 107 cm³/mol. The summed E-state index contributed by atoms with van der Waals surface area (Å²) in [5.74, 6) is 0. The van der Waals surface area contributed by atoms with Gasteiger partial charge in [-0.05, 0) is 21.8 Å². The molecule has 2 aromatic carbocycles. The SMILES string of the molecule is C=CC[C@@H](O[Si](c1ccccc1)(c1ccccc1)C(C)(C)C)[C@H]1CO1. The Morgan fingerprint density at radius 2 is 1.56 bits per heavy atom. The van der Waals surface area contributed by atoms with E-state index in [4.69, 9.17) is 9.16 Å². The van der Waals surface area contributed by atoms with Crippen LogP contribution in [0.25, 0.3) is 0 Å². The smallest absolute Gasteiger partial charge is 0.261 e. The predicted octanol–water partition coefficient (Wildman–Crippen LogP) is 3.91. The van der Waals surface area contributed by atoms with Gasteiger partial charge in [-0.25, -0.2) is 0 Å². The van der Waals surface area contributed by atoms with E-state index in [0.717, 1.165) is 13.0 Å². The van der Waals surface area contributed by atoms with Crippen LogP contribution in [-0.2, 0) is 9.16 Å². The molecule has 3 heteroatoms. The van der Waals surface area contributed by atoms with Crippen LogP contribution in [0.4, 0.5) is 0 Å². The molecular formula is C22H28O2Si. The van der Waals surface area contributed by atoms with Crippen molar-refractivity contribution >= 4 is 18.7 Å². The Balaban J connectivity index is 2.16. The van der Waals surface area contributed by atoms with E-state index in [9.17, 15) is 0 Å². The molecule has 0 spiro atoms. The highest BCUT2D eigenvalue weighted by molar-refractivity contribution is 6.99. The van der Waals surface area contributed by atoms with Crippen molar-refractivity contribution in [1.82, 2.24) is 0 Å². The van der Waals surface area contributed by atoms with Gasteiger partial charge < -0.3 is 9.16 Å². The third kappa shape index (κ3) is 3.64. The van der Waals surface area contributed by atoms with Crippen LogP contribution in [0, 0.1) is 0 Å². The van der Waals surface area contributed by atoms with Crippen LogP contribution in [0.2, 0.25) is 5.04 Å². The molecule has 1 aliphatic rings. The maximum absolute atomic E-state index is 7.08. The number of hydrogen-bond donors (Lipinski definition) is 0. The van der Waals surface area contributed by atoms with Crippen LogP contribution >= 0.6 is 0 Å². The zero-order valence-electron chi connectivity index (χ0n) is 15.4. The molecule has 0 radical (unpaired) electrons. The average molecular weight is 353 g/mol. The summed E-state index contributed by atoms with van der Waals surface area (Å²) in [4.78, 5) is 0. The lowest BCUT2D eigenvalue weighted by Crippen LogP contribution is -2.68. The fourth-order valence-corrected chi connectivity index (χ4v) is 8.35. The second kappa shape index (κ2) is 7.28. The summed E-state index contributed by atoms with van der Waals surface area (Å²) in [6, 6.07) is 21.5. The van der Waals surface area contributed by atoms with Crippen LogP contribution < -0.4 is 10.4 Å². The van der Waals surface area contributed by atoms with E-state index in [1.54, 1.807) is 0 Å². The van der Waals surface area contributed by atoms with Crippen molar-refractivity contribution in [3.63, 3.8) is 0 Å². The van der Waals surface area contributed by atoms with Crippen LogP contribution in [0.15, 0.2) is 73.3 Å². The molecule has 1 aliphatic heterocycles. The number of epoxide rings is 1. The Kier molecular flexibility index (Phi) is 5.28. The summed E-state index contributed by atoms with van der Waals surface area (Å²) >= 11 is 0. The van der Waals surface area contributed by atoms with Gasteiger partial charge in [-0.15, -0.1) is 6.58 Å². The molecule has 1 saturated heterocycles. The summed E-state index contributed by atoms with van der Waals surface area (Å²) in [5.41, 5.74) is 0. The van der Waals surface area contributed by atoms with Gasteiger partial charge in [-0.2, -0.15) is 0 Å². The van der Waals surface area contributed by atoms with E-state index in [0.29, 0.717) is 0 Å². The molecule has 0 saturated carbocycles. The van der Waals surface area contributed by atoms with Crippen molar-refractivity contribution in [3.8, 4) is 0 Å². The molecule has 1 heterocycles. The molecule has 0 unspecified atom stereocenters. The van der Waals surface area contributed by atoms with Gasteiger partial charge in [0.1, 0.15) is 6.10 Å². The highest BCUT2D eigenvalue weighted by Gasteiger charge is 2.53. The largest absolute Gasteiger partial charge is 0.401 e. The molecule has 0 N–H and O–H groups in total. The maximum Gasteiger partial charge on any atom is 0.261 e. The lowest BCUT2D eigenvalue weighted by Gasteiger charge is -2.45. The first kappa shape index (κ1) is 18.1. The summed E-state index contributed by atoms with van der Waals surface area (Å²) < 4.78 is 12.7. The standard InChI is InChI=1S/C22H28O2Si/c1-5-12-20(21-17-23-21)24-25(22(2,3)4,18-13-8-6-9-14-18)19-15-10-7-11-16-19/h5-11,13-16,20-21H,1,12,17H2,2-4H3/t20-,21-/m1/s1. The summed E-state index contributed by atoms with van der Waals surface area (Å²) in [6.07, 6.45) is 3.02. The quantitative estimate of drug-likeness (QED) is 0.428. The van der Waals surface area contributed by atoms with Crippen molar-refractivity contribution in [3.05, 3.63) is 73.3 Å². The molecule has 25 heavy (non-hydrogen) atoms. The fraction of sp³-hybridized carbons (Fsp3) is 0.364. The fourth-order valence-electron chi connectivity index (χ4n) is 3.63. The van der Waals surface area contributed by atoms with E-state index < -0.39 is 8.32 Å². The Bertz CT molecular complexity index is 647. The minimum atomic E-state index is -2.50. The van der Waals surface area contributed by atoms with Gasteiger partial charge in [0.05, 0.1) is 12.7 Å². The van der Waals surface area contributed by atoms with Gasteiger partial charge in [0.25, 0.3) is 8.32 Å². The molecule has 132 valence electrons. The Hall–Kier alpha value is -1.68. The molecule has 2 atom stereocenters. The van der Waals surface area contributed by atoms with Crippen LogP contribution in [0.1, 0.15) is 27.2 Å². The maximum atomic E-state index is 7.08. The van der Waals surface area contributed by atoms with Gasteiger partial charge in [0, 0.05) is 0 Å². The number of benzene rings is 2.